The molecule has 1 aromatic rings. The fourth-order valence-corrected chi connectivity index (χ4v) is 2.08. The smallest absolute Gasteiger partial charge is 0.406 e. The van der Waals surface area contributed by atoms with Crippen molar-refractivity contribution in [3.05, 3.63) is 29.8 Å². The van der Waals surface area contributed by atoms with Crippen LogP contribution in [0, 0.1) is 0 Å². The van der Waals surface area contributed by atoms with Gasteiger partial charge < -0.3 is 10.1 Å². The molecule has 0 bridgehead atoms. The number of hydrogen-bond acceptors (Lipinski definition) is 2. The molecule has 0 aliphatic carbocycles. The van der Waals surface area contributed by atoms with Gasteiger partial charge in [-0.05, 0) is 43.6 Å². The minimum atomic E-state index is -4.75. The van der Waals surface area contributed by atoms with E-state index in [1.165, 1.54) is 18.2 Å². The summed E-state index contributed by atoms with van der Waals surface area (Å²) in [6.07, 6.45) is -4.25. The average molecular weight is 263 g/mol. The minimum absolute atomic E-state index is 0.241. The van der Waals surface area contributed by atoms with Crippen molar-refractivity contribution in [2.24, 2.45) is 0 Å². The van der Waals surface area contributed by atoms with Gasteiger partial charge in [0.15, 0.2) is 0 Å². The van der Waals surface area contributed by atoms with Crippen LogP contribution in [0.3, 0.4) is 0 Å². The normalized spacial score (nSPS) is 19.6. The van der Waals surface area contributed by atoms with Crippen LogP contribution in [-0.4, -0.2) is 19.5 Å². The van der Waals surface area contributed by atoms with Crippen molar-refractivity contribution in [1.29, 1.82) is 0 Å². The quantitative estimate of drug-likeness (QED) is 0.828. The summed E-state index contributed by atoms with van der Waals surface area (Å²) in [5.74, 6) is -0.379. The number of hydrogen-bond donors (Lipinski definition) is 1. The van der Waals surface area contributed by atoms with Crippen molar-refractivity contribution < 1.29 is 22.3 Å². The van der Waals surface area contributed by atoms with Crippen molar-refractivity contribution in [2.45, 2.75) is 24.9 Å². The number of rotatable bonds is 2. The molecule has 1 heterocycles. The number of benzene rings is 1. The molecule has 1 aliphatic heterocycles. The average Bonchev–Trinajstić information content (AvgIpc) is 2.28. The predicted octanol–water partition coefficient (Wildman–Crippen LogP) is 3.13. The molecule has 1 N–H and O–H groups in total. The van der Waals surface area contributed by atoms with Gasteiger partial charge in [0.1, 0.15) is 11.4 Å². The van der Waals surface area contributed by atoms with E-state index in [2.05, 4.69) is 10.1 Å². The van der Waals surface area contributed by atoms with Gasteiger partial charge in [-0.25, -0.2) is 4.39 Å². The van der Waals surface area contributed by atoms with Crippen LogP contribution in [0.5, 0.6) is 5.75 Å². The zero-order valence-corrected chi connectivity index (χ0v) is 9.56. The lowest BCUT2D eigenvalue weighted by molar-refractivity contribution is -0.274. The first-order chi connectivity index (χ1) is 8.39. The summed E-state index contributed by atoms with van der Waals surface area (Å²) in [4.78, 5) is 0. The maximum absolute atomic E-state index is 14.5. The molecule has 0 aromatic heterocycles. The molecule has 0 radical (unpaired) electrons. The summed E-state index contributed by atoms with van der Waals surface area (Å²) >= 11 is 0. The lowest BCUT2D eigenvalue weighted by Gasteiger charge is -2.30. The molecule has 2 rings (SSSR count). The van der Waals surface area contributed by atoms with Crippen LogP contribution in [0.2, 0.25) is 0 Å². The number of halogens is 4. The molecular formula is C12H13F4NO. The number of alkyl halides is 4. The van der Waals surface area contributed by atoms with Gasteiger partial charge in [0.05, 0.1) is 0 Å². The van der Waals surface area contributed by atoms with Crippen LogP contribution in [0.1, 0.15) is 18.4 Å². The van der Waals surface area contributed by atoms with Gasteiger partial charge in [-0.15, -0.1) is 13.2 Å². The van der Waals surface area contributed by atoms with Crippen molar-refractivity contribution in [3.8, 4) is 5.75 Å². The van der Waals surface area contributed by atoms with E-state index in [4.69, 9.17) is 0 Å². The molecule has 1 saturated heterocycles. The maximum atomic E-state index is 14.5. The van der Waals surface area contributed by atoms with Gasteiger partial charge in [0, 0.05) is 0 Å². The highest BCUT2D eigenvalue weighted by Crippen LogP contribution is 2.37. The Kier molecular flexibility index (Phi) is 3.47. The summed E-state index contributed by atoms with van der Waals surface area (Å²) in [7, 11) is 0. The maximum Gasteiger partial charge on any atom is 0.573 e. The predicted molar refractivity (Wildman–Crippen MR) is 58.0 cm³/mol. The molecular weight excluding hydrogens is 250 g/mol. The Balaban J connectivity index is 2.21. The lowest BCUT2D eigenvalue weighted by Crippen LogP contribution is -2.36. The molecule has 2 nitrogen and oxygen atoms in total. The van der Waals surface area contributed by atoms with E-state index in [1.54, 1.807) is 0 Å². The Hall–Kier alpha value is -1.30. The second kappa shape index (κ2) is 4.76. The molecule has 0 spiro atoms. The van der Waals surface area contributed by atoms with Gasteiger partial charge in [0.2, 0.25) is 0 Å². The molecule has 1 aromatic carbocycles. The monoisotopic (exact) mass is 263 g/mol. The zero-order valence-electron chi connectivity index (χ0n) is 9.56. The van der Waals surface area contributed by atoms with E-state index >= 15 is 0 Å². The second-order valence-electron chi connectivity index (χ2n) is 4.29. The van der Waals surface area contributed by atoms with E-state index in [9.17, 15) is 17.6 Å². The Labute approximate surface area is 102 Å². The SMILES string of the molecule is FC(F)(F)Oc1cccc(C2(F)CCNCC2)c1. The van der Waals surface area contributed by atoms with Gasteiger partial charge in [0.25, 0.3) is 0 Å². The molecule has 0 unspecified atom stereocenters. The van der Waals surface area contributed by atoms with Gasteiger partial charge >= 0.3 is 6.36 Å². The summed E-state index contributed by atoms with van der Waals surface area (Å²) in [5.41, 5.74) is -1.33. The minimum Gasteiger partial charge on any atom is -0.406 e. The summed E-state index contributed by atoms with van der Waals surface area (Å²) in [6, 6.07) is 5.16. The Morgan fingerprint density at radius 1 is 1.17 bits per heavy atom. The highest BCUT2D eigenvalue weighted by atomic mass is 19.4. The summed E-state index contributed by atoms with van der Waals surface area (Å²) < 4.78 is 54.6. The Bertz CT molecular complexity index is 413. The summed E-state index contributed by atoms with van der Waals surface area (Å²) in [5, 5.41) is 3.01. The molecule has 6 heteroatoms. The van der Waals surface area contributed by atoms with Crippen LogP contribution in [0.15, 0.2) is 24.3 Å². The molecule has 100 valence electrons. The topological polar surface area (TPSA) is 21.3 Å². The molecule has 0 amide bonds. The van der Waals surface area contributed by atoms with E-state index in [0.29, 0.717) is 13.1 Å². The third kappa shape index (κ3) is 3.13. The Morgan fingerprint density at radius 2 is 1.83 bits per heavy atom. The van der Waals surface area contributed by atoms with E-state index in [-0.39, 0.29) is 24.2 Å². The second-order valence-corrected chi connectivity index (χ2v) is 4.29. The molecule has 1 aliphatic rings. The third-order valence-corrected chi connectivity index (χ3v) is 2.98. The highest BCUT2D eigenvalue weighted by Gasteiger charge is 2.35. The first-order valence-electron chi connectivity index (χ1n) is 5.65. The standard InChI is InChI=1S/C12H13F4NO/c13-11(4-6-17-7-5-11)9-2-1-3-10(8-9)18-12(14,15)16/h1-3,8,17H,4-7H2. The fourth-order valence-electron chi connectivity index (χ4n) is 2.08. The van der Waals surface area contributed by atoms with Crippen LogP contribution in [0.25, 0.3) is 0 Å². The zero-order chi connectivity index (χ0) is 13.2. The number of ether oxygens (including phenoxy) is 1. The molecule has 18 heavy (non-hydrogen) atoms. The number of nitrogens with one attached hydrogen (secondary N) is 1. The molecule has 1 fully saturated rings. The van der Waals surface area contributed by atoms with Gasteiger partial charge in [-0.3, -0.25) is 0 Å². The molecule has 0 atom stereocenters. The highest BCUT2D eigenvalue weighted by molar-refractivity contribution is 5.33. The first-order valence-corrected chi connectivity index (χ1v) is 5.65. The largest absolute Gasteiger partial charge is 0.573 e. The van der Waals surface area contributed by atoms with Crippen LogP contribution >= 0.6 is 0 Å². The van der Waals surface area contributed by atoms with Crippen molar-refractivity contribution in [2.75, 3.05) is 13.1 Å². The Morgan fingerprint density at radius 3 is 2.44 bits per heavy atom. The van der Waals surface area contributed by atoms with Crippen LogP contribution < -0.4 is 10.1 Å². The third-order valence-electron chi connectivity index (χ3n) is 2.98. The van der Waals surface area contributed by atoms with Crippen molar-refractivity contribution in [3.63, 3.8) is 0 Å². The van der Waals surface area contributed by atoms with Gasteiger partial charge in [-0.1, -0.05) is 12.1 Å². The van der Waals surface area contributed by atoms with E-state index < -0.39 is 12.0 Å². The van der Waals surface area contributed by atoms with Crippen LogP contribution in [0.4, 0.5) is 17.6 Å². The number of piperidine rings is 1. The van der Waals surface area contributed by atoms with Crippen LogP contribution in [-0.2, 0) is 5.67 Å². The van der Waals surface area contributed by atoms with Crippen molar-refractivity contribution in [1.82, 2.24) is 5.32 Å². The van der Waals surface area contributed by atoms with E-state index in [0.717, 1.165) is 6.07 Å². The first kappa shape index (κ1) is 13.1. The van der Waals surface area contributed by atoms with Crippen molar-refractivity contribution >= 4 is 0 Å². The summed E-state index contributed by atoms with van der Waals surface area (Å²) in [6.45, 7) is 1.03. The lowest BCUT2D eigenvalue weighted by atomic mass is 9.87. The van der Waals surface area contributed by atoms with Gasteiger partial charge in [-0.2, -0.15) is 0 Å². The fraction of sp³-hybridized carbons (Fsp3) is 0.500. The van der Waals surface area contributed by atoms with E-state index in [1.807, 2.05) is 0 Å². The molecule has 0 saturated carbocycles.